The first-order valence-corrected chi connectivity index (χ1v) is 6.57. The van der Waals surface area contributed by atoms with E-state index in [1.807, 2.05) is 0 Å². The van der Waals surface area contributed by atoms with Crippen LogP contribution in [0.1, 0.15) is 65.7 Å². The second-order valence-electron chi connectivity index (χ2n) is 5.03. The SMILES string of the molecule is [B]CCCCC(C)(N)C(CCC)CCC. The Morgan fingerprint density at radius 1 is 1.13 bits per heavy atom. The summed E-state index contributed by atoms with van der Waals surface area (Å²) >= 11 is 0. The third-order valence-corrected chi connectivity index (χ3v) is 3.38. The second kappa shape index (κ2) is 8.21. The Morgan fingerprint density at radius 3 is 2.07 bits per heavy atom. The number of hydrogen-bond acceptors (Lipinski definition) is 1. The van der Waals surface area contributed by atoms with E-state index >= 15 is 0 Å². The fourth-order valence-corrected chi connectivity index (χ4v) is 2.36. The number of hydrogen-bond donors (Lipinski definition) is 1. The fourth-order valence-electron chi connectivity index (χ4n) is 2.36. The molecule has 15 heavy (non-hydrogen) atoms. The van der Waals surface area contributed by atoms with Gasteiger partial charge >= 0.3 is 0 Å². The maximum Gasteiger partial charge on any atom is 0.0653 e. The van der Waals surface area contributed by atoms with Gasteiger partial charge in [0.2, 0.25) is 0 Å². The molecule has 1 unspecified atom stereocenters. The lowest BCUT2D eigenvalue weighted by Crippen LogP contribution is -2.44. The largest absolute Gasteiger partial charge is 0.325 e. The van der Waals surface area contributed by atoms with Crippen molar-refractivity contribution in [1.82, 2.24) is 0 Å². The van der Waals surface area contributed by atoms with Crippen molar-refractivity contribution in [3.63, 3.8) is 0 Å². The normalized spacial score (nSPS) is 15.5. The summed E-state index contributed by atoms with van der Waals surface area (Å²) in [5, 5.41) is 0. The van der Waals surface area contributed by atoms with Gasteiger partial charge in [0, 0.05) is 5.54 Å². The summed E-state index contributed by atoms with van der Waals surface area (Å²) in [6.07, 6.45) is 9.22. The first-order chi connectivity index (χ1) is 7.08. The monoisotopic (exact) mass is 209 g/mol. The molecule has 0 bridgehead atoms. The van der Waals surface area contributed by atoms with Gasteiger partial charge in [-0.15, -0.1) is 0 Å². The van der Waals surface area contributed by atoms with Crippen LogP contribution >= 0.6 is 0 Å². The van der Waals surface area contributed by atoms with Crippen molar-refractivity contribution in [3.8, 4) is 0 Å². The summed E-state index contributed by atoms with van der Waals surface area (Å²) < 4.78 is 0. The van der Waals surface area contributed by atoms with Gasteiger partial charge in [0.15, 0.2) is 0 Å². The molecule has 0 aliphatic rings. The number of rotatable bonds is 9. The van der Waals surface area contributed by atoms with Crippen LogP contribution in [0.3, 0.4) is 0 Å². The van der Waals surface area contributed by atoms with Gasteiger partial charge in [-0.2, -0.15) is 0 Å². The Hall–Kier alpha value is 0.0249. The number of unbranched alkanes of at least 4 members (excludes halogenated alkanes) is 1. The molecule has 0 aromatic heterocycles. The van der Waals surface area contributed by atoms with Gasteiger partial charge in [-0.1, -0.05) is 45.9 Å². The molecule has 2 radical (unpaired) electrons. The van der Waals surface area contributed by atoms with Crippen LogP contribution in [0.15, 0.2) is 0 Å². The zero-order chi connectivity index (χ0) is 11.7. The molecule has 1 atom stereocenters. The summed E-state index contributed by atoms with van der Waals surface area (Å²) in [5.41, 5.74) is 6.45. The van der Waals surface area contributed by atoms with Crippen LogP contribution in [-0.2, 0) is 0 Å². The van der Waals surface area contributed by atoms with E-state index in [2.05, 4.69) is 20.8 Å². The van der Waals surface area contributed by atoms with E-state index in [-0.39, 0.29) is 5.54 Å². The van der Waals surface area contributed by atoms with Crippen molar-refractivity contribution in [1.29, 1.82) is 0 Å². The standard InChI is InChI=1S/C13H28BN/c1-4-8-12(9-5-2)13(3,15)10-6-7-11-14/h12H,4-11,15H2,1-3H3. The van der Waals surface area contributed by atoms with Gasteiger partial charge < -0.3 is 5.73 Å². The van der Waals surface area contributed by atoms with Gasteiger partial charge in [-0.05, 0) is 32.1 Å². The Bertz CT molecular complexity index is 139. The van der Waals surface area contributed by atoms with Gasteiger partial charge in [0.1, 0.15) is 0 Å². The zero-order valence-electron chi connectivity index (χ0n) is 10.9. The minimum atomic E-state index is 0.0151. The van der Waals surface area contributed by atoms with E-state index in [0.717, 1.165) is 19.2 Å². The summed E-state index contributed by atoms with van der Waals surface area (Å²) in [6, 6.07) is 0. The first-order valence-electron chi connectivity index (χ1n) is 6.57. The van der Waals surface area contributed by atoms with E-state index in [1.165, 1.54) is 32.1 Å². The van der Waals surface area contributed by atoms with Crippen molar-refractivity contribution in [2.75, 3.05) is 0 Å². The van der Waals surface area contributed by atoms with Crippen molar-refractivity contribution < 1.29 is 0 Å². The molecule has 0 heterocycles. The van der Waals surface area contributed by atoms with Crippen LogP contribution in [0.25, 0.3) is 0 Å². The Balaban J connectivity index is 4.08. The van der Waals surface area contributed by atoms with Crippen LogP contribution in [0.2, 0.25) is 6.32 Å². The summed E-state index contributed by atoms with van der Waals surface area (Å²) in [6.45, 7) is 6.72. The molecule has 0 aromatic rings. The highest BCUT2D eigenvalue weighted by atomic mass is 14.7. The van der Waals surface area contributed by atoms with Crippen molar-refractivity contribution in [2.45, 2.75) is 77.6 Å². The molecule has 0 spiro atoms. The van der Waals surface area contributed by atoms with E-state index in [0.29, 0.717) is 5.92 Å². The molecule has 0 aliphatic carbocycles. The Labute approximate surface area is 97.6 Å². The first kappa shape index (κ1) is 15.0. The molecule has 2 N–H and O–H groups in total. The van der Waals surface area contributed by atoms with Gasteiger partial charge in [-0.3, -0.25) is 0 Å². The third-order valence-electron chi connectivity index (χ3n) is 3.38. The smallest absolute Gasteiger partial charge is 0.0653 e. The van der Waals surface area contributed by atoms with Gasteiger partial charge in [0.05, 0.1) is 7.85 Å². The maximum atomic E-state index is 6.43. The van der Waals surface area contributed by atoms with Crippen LogP contribution in [0, 0.1) is 5.92 Å². The molecule has 0 rings (SSSR count). The summed E-state index contributed by atoms with van der Waals surface area (Å²) in [4.78, 5) is 0. The van der Waals surface area contributed by atoms with Gasteiger partial charge in [-0.25, -0.2) is 0 Å². The zero-order valence-corrected chi connectivity index (χ0v) is 10.9. The second-order valence-corrected chi connectivity index (χ2v) is 5.03. The van der Waals surface area contributed by atoms with E-state index in [4.69, 9.17) is 13.6 Å². The Kier molecular flexibility index (Phi) is 8.22. The molecule has 88 valence electrons. The highest BCUT2D eigenvalue weighted by molar-refractivity contribution is 6.08. The van der Waals surface area contributed by atoms with Crippen LogP contribution < -0.4 is 5.73 Å². The lowest BCUT2D eigenvalue weighted by molar-refractivity contribution is 0.237. The summed E-state index contributed by atoms with van der Waals surface area (Å²) in [5.74, 6) is 0.685. The van der Waals surface area contributed by atoms with E-state index in [1.54, 1.807) is 0 Å². The van der Waals surface area contributed by atoms with Crippen molar-refractivity contribution in [3.05, 3.63) is 0 Å². The van der Waals surface area contributed by atoms with Crippen LogP contribution in [0.4, 0.5) is 0 Å². The fraction of sp³-hybridized carbons (Fsp3) is 1.00. The topological polar surface area (TPSA) is 26.0 Å². The minimum absolute atomic E-state index is 0.0151. The lowest BCUT2D eigenvalue weighted by Gasteiger charge is -2.34. The number of nitrogens with two attached hydrogens (primary N) is 1. The predicted molar refractivity (Wildman–Crippen MR) is 70.3 cm³/mol. The van der Waals surface area contributed by atoms with E-state index in [9.17, 15) is 0 Å². The minimum Gasteiger partial charge on any atom is -0.325 e. The molecule has 0 aliphatic heterocycles. The predicted octanol–water partition coefficient (Wildman–Crippen LogP) is 3.68. The highest BCUT2D eigenvalue weighted by Crippen LogP contribution is 2.29. The lowest BCUT2D eigenvalue weighted by atomic mass is 9.77. The molecule has 0 aromatic carbocycles. The quantitative estimate of drug-likeness (QED) is 0.455. The molecule has 0 amide bonds. The molecular formula is C13H28BN. The maximum absolute atomic E-state index is 6.43. The van der Waals surface area contributed by atoms with E-state index < -0.39 is 0 Å². The highest BCUT2D eigenvalue weighted by Gasteiger charge is 2.27. The van der Waals surface area contributed by atoms with Gasteiger partial charge in [0.25, 0.3) is 0 Å². The molecule has 0 saturated carbocycles. The Morgan fingerprint density at radius 2 is 1.67 bits per heavy atom. The molecular weight excluding hydrogens is 181 g/mol. The molecule has 1 nitrogen and oxygen atoms in total. The molecule has 2 heteroatoms. The van der Waals surface area contributed by atoms with Crippen LogP contribution in [0.5, 0.6) is 0 Å². The average molecular weight is 209 g/mol. The van der Waals surface area contributed by atoms with Crippen molar-refractivity contribution >= 4 is 7.85 Å². The molecule has 0 saturated heterocycles. The summed E-state index contributed by atoms with van der Waals surface area (Å²) in [7, 11) is 5.51. The molecule has 0 fully saturated rings. The van der Waals surface area contributed by atoms with Crippen LogP contribution in [-0.4, -0.2) is 13.4 Å². The van der Waals surface area contributed by atoms with Crippen molar-refractivity contribution in [2.24, 2.45) is 11.7 Å². The average Bonchev–Trinajstić information content (AvgIpc) is 2.18. The third kappa shape index (κ3) is 6.24.